The van der Waals surface area contributed by atoms with Crippen LogP contribution < -0.4 is 5.69 Å². The van der Waals surface area contributed by atoms with E-state index in [1.54, 1.807) is 12.3 Å². The molecule has 0 spiro atoms. The van der Waals surface area contributed by atoms with E-state index in [9.17, 15) is 18.3 Å². The van der Waals surface area contributed by atoms with Crippen LogP contribution in [0.4, 0.5) is 0 Å². The molecule has 0 bridgehead atoms. The average molecular weight is 393 g/mol. The number of aromatic hydroxyl groups is 1. The number of aromatic nitrogens is 4. The van der Waals surface area contributed by atoms with Gasteiger partial charge in [0.1, 0.15) is 11.4 Å². The molecule has 144 valence electrons. The van der Waals surface area contributed by atoms with E-state index in [2.05, 4.69) is 20.2 Å². The zero-order chi connectivity index (χ0) is 19.0. The van der Waals surface area contributed by atoms with Crippen molar-refractivity contribution < 1.29 is 17.9 Å². The number of H-pyrrole nitrogens is 3. The fraction of sp³-hybridized carbons (Fsp3) is 0.375. The summed E-state index contributed by atoms with van der Waals surface area (Å²) in [5, 5.41) is 16.8. The molecule has 0 amide bonds. The molecule has 3 aromatic heterocycles. The van der Waals surface area contributed by atoms with E-state index in [1.807, 2.05) is 12.1 Å². The van der Waals surface area contributed by atoms with E-state index in [-0.39, 0.29) is 11.6 Å². The Balaban J connectivity index is 1.41. The van der Waals surface area contributed by atoms with Crippen LogP contribution in [0.1, 0.15) is 30.1 Å². The maximum absolute atomic E-state index is 12.6. The molecule has 0 saturated carbocycles. The molecule has 0 unspecified atom stereocenters. The maximum Gasteiger partial charge on any atom is 0.325 e. The monoisotopic (exact) mass is 393 g/mol. The number of imidazole rings is 1. The number of rotatable bonds is 5. The second kappa shape index (κ2) is 6.74. The third-order valence-corrected chi connectivity index (χ3v) is 6.57. The first-order valence-corrected chi connectivity index (χ1v) is 10.1. The van der Waals surface area contributed by atoms with Crippen LogP contribution in [0.25, 0.3) is 11.5 Å². The Labute approximate surface area is 154 Å². The summed E-state index contributed by atoms with van der Waals surface area (Å²) in [6.45, 7) is 0.717. The maximum atomic E-state index is 12.6. The van der Waals surface area contributed by atoms with Gasteiger partial charge >= 0.3 is 5.69 Å². The molecule has 1 fully saturated rings. The molecule has 0 aromatic carbocycles. The van der Waals surface area contributed by atoms with Crippen molar-refractivity contribution in [1.82, 2.24) is 24.5 Å². The summed E-state index contributed by atoms with van der Waals surface area (Å²) in [7, 11) is -3.64. The van der Waals surface area contributed by atoms with Gasteiger partial charge in [0, 0.05) is 24.7 Å². The van der Waals surface area contributed by atoms with Crippen LogP contribution in [0.2, 0.25) is 0 Å². The second-order valence-corrected chi connectivity index (χ2v) is 8.49. The normalized spacial score (nSPS) is 16.7. The van der Waals surface area contributed by atoms with Crippen molar-refractivity contribution in [3.05, 3.63) is 46.3 Å². The quantitative estimate of drug-likeness (QED) is 0.510. The summed E-state index contributed by atoms with van der Waals surface area (Å²) >= 11 is 0. The Morgan fingerprint density at radius 1 is 1.30 bits per heavy atom. The van der Waals surface area contributed by atoms with Crippen molar-refractivity contribution in [2.45, 2.75) is 24.5 Å². The van der Waals surface area contributed by atoms with Gasteiger partial charge in [-0.05, 0) is 31.0 Å². The van der Waals surface area contributed by atoms with Crippen LogP contribution in [0.15, 0.2) is 33.7 Å². The highest BCUT2D eigenvalue weighted by Gasteiger charge is 2.30. The third kappa shape index (κ3) is 3.55. The lowest BCUT2D eigenvalue weighted by Gasteiger charge is -2.30. The molecule has 0 aliphatic carbocycles. The van der Waals surface area contributed by atoms with Crippen molar-refractivity contribution in [3.8, 4) is 17.3 Å². The highest BCUT2D eigenvalue weighted by atomic mass is 32.2. The highest BCUT2D eigenvalue weighted by Crippen LogP contribution is 2.31. The Kier molecular flexibility index (Phi) is 4.40. The Bertz CT molecular complexity index is 1070. The number of nitrogens with one attached hydrogen (secondary N) is 3. The molecule has 1 aliphatic rings. The fourth-order valence-electron chi connectivity index (χ4n) is 3.33. The summed E-state index contributed by atoms with van der Waals surface area (Å²) in [6, 6.07) is 5.55. The number of hydrogen-bond acceptors (Lipinski definition) is 6. The first-order valence-electron chi connectivity index (χ1n) is 8.49. The van der Waals surface area contributed by atoms with Gasteiger partial charge in [-0.25, -0.2) is 17.5 Å². The van der Waals surface area contributed by atoms with Crippen LogP contribution >= 0.6 is 0 Å². The summed E-state index contributed by atoms with van der Waals surface area (Å²) in [5.41, 5.74) is 1.00. The van der Waals surface area contributed by atoms with E-state index in [1.165, 1.54) is 4.31 Å². The number of piperidine rings is 1. The van der Waals surface area contributed by atoms with Gasteiger partial charge in [-0.3, -0.25) is 10.1 Å². The molecule has 4 rings (SSSR count). The van der Waals surface area contributed by atoms with Crippen LogP contribution in [0.3, 0.4) is 0 Å². The van der Waals surface area contributed by atoms with E-state index in [4.69, 9.17) is 4.42 Å². The zero-order valence-electron chi connectivity index (χ0n) is 14.3. The van der Waals surface area contributed by atoms with Gasteiger partial charge in [0.15, 0.2) is 5.76 Å². The number of sulfonamides is 1. The predicted molar refractivity (Wildman–Crippen MR) is 95.5 cm³/mol. The SMILES string of the molecule is O=c1[nH]c(O)c(CS(=O)(=O)N2CCC(c3cc(-c4ccco4)n[nH]3)CC2)[nH]1. The second-order valence-electron chi connectivity index (χ2n) is 6.52. The molecule has 4 heterocycles. The van der Waals surface area contributed by atoms with Crippen LogP contribution in [-0.4, -0.2) is 51.1 Å². The van der Waals surface area contributed by atoms with Crippen molar-refractivity contribution >= 4 is 10.0 Å². The number of aromatic amines is 3. The lowest BCUT2D eigenvalue weighted by atomic mass is 9.94. The van der Waals surface area contributed by atoms with E-state index < -0.39 is 27.3 Å². The molecule has 27 heavy (non-hydrogen) atoms. The van der Waals surface area contributed by atoms with Gasteiger partial charge in [0.25, 0.3) is 0 Å². The minimum atomic E-state index is -3.64. The Morgan fingerprint density at radius 2 is 2.07 bits per heavy atom. The minimum Gasteiger partial charge on any atom is -0.493 e. The van der Waals surface area contributed by atoms with E-state index in [0.29, 0.717) is 31.7 Å². The van der Waals surface area contributed by atoms with Gasteiger partial charge in [-0.1, -0.05) is 0 Å². The minimum absolute atomic E-state index is 0.0289. The van der Waals surface area contributed by atoms with Crippen molar-refractivity contribution in [2.75, 3.05) is 13.1 Å². The Morgan fingerprint density at radius 3 is 2.70 bits per heavy atom. The summed E-state index contributed by atoms with van der Waals surface area (Å²) < 4.78 is 31.8. The van der Waals surface area contributed by atoms with Crippen LogP contribution in [-0.2, 0) is 15.8 Å². The largest absolute Gasteiger partial charge is 0.493 e. The predicted octanol–water partition coefficient (Wildman–Crippen LogP) is 1.10. The molecule has 3 aromatic rings. The van der Waals surface area contributed by atoms with Gasteiger partial charge in [0.05, 0.1) is 12.0 Å². The third-order valence-electron chi connectivity index (χ3n) is 4.77. The van der Waals surface area contributed by atoms with Crippen molar-refractivity contribution in [2.24, 2.45) is 0 Å². The van der Waals surface area contributed by atoms with E-state index >= 15 is 0 Å². The topological polar surface area (TPSA) is 148 Å². The van der Waals surface area contributed by atoms with Gasteiger partial charge in [0.2, 0.25) is 15.9 Å². The molecule has 1 aliphatic heterocycles. The molecule has 10 nitrogen and oxygen atoms in total. The summed E-state index contributed by atoms with van der Waals surface area (Å²) in [5.74, 6) is -0.0399. The summed E-state index contributed by atoms with van der Waals surface area (Å²) in [6.07, 6.45) is 2.88. The molecular weight excluding hydrogens is 374 g/mol. The lowest BCUT2D eigenvalue weighted by Crippen LogP contribution is -2.38. The molecule has 1 saturated heterocycles. The van der Waals surface area contributed by atoms with Gasteiger partial charge in [-0.15, -0.1) is 0 Å². The van der Waals surface area contributed by atoms with Crippen LogP contribution in [0.5, 0.6) is 5.88 Å². The highest BCUT2D eigenvalue weighted by molar-refractivity contribution is 7.88. The van der Waals surface area contributed by atoms with Crippen LogP contribution in [0, 0.1) is 0 Å². The standard InChI is InChI=1S/C16H19N5O5S/c22-15-13(17-16(23)18-15)9-27(24,25)21-5-3-10(4-6-21)11-8-12(20-19-11)14-2-1-7-26-14/h1-2,7-8,10,22H,3-6,9H2,(H,19,20)(H2,17,18,23). The number of hydrogen-bond donors (Lipinski definition) is 4. The fourth-order valence-corrected chi connectivity index (χ4v) is 4.85. The first-order chi connectivity index (χ1) is 12.9. The molecular formula is C16H19N5O5S. The average Bonchev–Trinajstić information content (AvgIpc) is 3.36. The zero-order valence-corrected chi connectivity index (χ0v) is 15.1. The molecule has 0 radical (unpaired) electrons. The van der Waals surface area contributed by atoms with Crippen molar-refractivity contribution in [3.63, 3.8) is 0 Å². The lowest BCUT2D eigenvalue weighted by molar-refractivity contribution is 0.316. The molecule has 0 atom stereocenters. The number of nitrogens with zero attached hydrogens (tertiary/aromatic N) is 2. The van der Waals surface area contributed by atoms with E-state index in [0.717, 1.165) is 11.4 Å². The smallest absolute Gasteiger partial charge is 0.325 e. The Hall–Kier alpha value is -2.79. The van der Waals surface area contributed by atoms with Gasteiger partial charge in [-0.2, -0.15) is 5.10 Å². The molecule has 4 N–H and O–H groups in total. The van der Waals surface area contributed by atoms with Gasteiger partial charge < -0.3 is 14.5 Å². The number of furan rings is 1. The first kappa shape index (κ1) is 17.6. The van der Waals surface area contributed by atoms with Crippen molar-refractivity contribution in [1.29, 1.82) is 0 Å². The summed E-state index contributed by atoms with van der Waals surface area (Å²) in [4.78, 5) is 15.6. The molecule has 11 heteroatoms.